The van der Waals surface area contributed by atoms with Crippen molar-refractivity contribution in [3.63, 3.8) is 0 Å². The SMILES string of the molecule is O=C(O)C1CC1C(=O)NCc1cn[nH]c1. The van der Waals surface area contributed by atoms with Gasteiger partial charge >= 0.3 is 5.97 Å². The van der Waals surface area contributed by atoms with Gasteiger partial charge in [-0.25, -0.2) is 0 Å². The van der Waals surface area contributed by atoms with Crippen LogP contribution < -0.4 is 5.32 Å². The Balaban J connectivity index is 1.77. The Hall–Kier alpha value is -1.85. The van der Waals surface area contributed by atoms with Crippen molar-refractivity contribution in [1.82, 2.24) is 15.5 Å². The molecule has 1 aliphatic carbocycles. The lowest BCUT2D eigenvalue weighted by Gasteiger charge is -2.01. The quantitative estimate of drug-likeness (QED) is 0.637. The largest absolute Gasteiger partial charge is 0.481 e. The first-order valence-electron chi connectivity index (χ1n) is 4.66. The number of carboxylic acid groups (broad SMARTS) is 1. The van der Waals surface area contributed by atoms with Crippen LogP contribution in [-0.4, -0.2) is 27.2 Å². The Morgan fingerprint density at radius 2 is 2.40 bits per heavy atom. The first-order chi connectivity index (χ1) is 7.18. The number of nitrogens with zero attached hydrogens (tertiary/aromatic N) is 1. The summed E-state index contributed by atoms with van der Waals surface area (Å²) < 4.78 is 0. The molecular formula is C9H11N3O3. The van der Waals surface area contributed by atoms with Crippen molar-refractivity contribution in [2.45, 2.75) is 13.0 Å². The van der Waals surface area contributed by atoms with Crippen LogP contribution in [0.5, 0.6) is 0 Å². The standard InChI is InChI=1S/C9H11N3O3/c13-8(6-1-7(6)9(14)15)10-2-5-3-11-12-4-5/h3-4,6-7H,1-2H2,(H,10,13)(H,11,12)(H,14,15). The van der Waals surface area contributed by atoms with E-state index in [0.717, 1.165) is 5.56 Å². The van der Waals surface area contributed by atoms with E-state index >= 15 is 0 Å². The first-order valence-corrected chi connectivity index (χ1v) is 4.66. The van der Waals surface area contributed by atoms with Gasteiger partial charge in [-0.05, 0) is 6.42 Å². The van der Waals surface area contributed by atoms with Gasteiger partial charge in [0.1, 0.15) is 0 Å². The van der Waals surface area contributed by atoms with Crippen LogP contribution in [-0.2, 0) is 16.1 Å². The molecule has 6 nitrogen and oxygen atoms in total. The molecule has 1 amide bonds. The number of aromatic nitrogens is 2. The molecule has 0 spiro atoms. The van der Waals surface area contributed by atoms with Crippen molar-refractivity contribution in [3.8, 4) is 0 Å². The number of carboxylic acids is 1. The van der Waals surface area contributed by atoms with Gasteiger partial charge in [-0.2, -0.15) is 5.10 Å². The predicted molar refractivity (Wildman–Crippen MR) is 49.7 cm³/mol. The summed E-state index contributed by atoms with van der Waals surface area (Å²) in [6.45, 7) is 0.387. The van der Waals surface area contributed by atoms with E-state index in [1.165, 1.54) is 0 Å². The molecule has 2 rings (SSSR count). The van der Waals surface area contributed by atoms with E-state index < -0.39 is 11.9 Å². The average Bonchev–Trinajstić information content (AvgIpc) is 2.85. The van der Waals surface area contributed by atoms with Crippen molar-refractivity contribution in [1.29, 1.82) is 0 Å². The third-order valence-electron chi connectivity index (χ3n) is 2.47. The summed E-state index contributed by atoms with van der Waals surface area (Å²) in [4.78, 5) is 21.9. The van der Waals surface area contributed by atoms with Gasteiger partial charge in [0.15, 0.2) is 0 Å². The van der Waals surface area contributed by atoms with E-state index in [2.05, 4.69) is 15.5 Å². The van der Waals surface area contributed by atoms with Crippen LogP contribution in [0.15, 0.2) is 12.4 Å². The van der Waals surface area contributed by atoms with Gasteiger partial charge in [-0.15, -0.1) is 0 Å². The summed E-state index contributed by atoms with van der Waals surface area (Å²) in [5.41, 5.74) is 0.871. The smallest absolute Gasteiger partial charge is 0.307 e. The molecule has 6 heteroatoms. The highest BCUT2D eigenvalue weighted by Gasteiger charge is 2.48. The van der Waals surface area contributed by atoms with Crippen LogP contribution >= 0.6 is 0 Å². The summed E-state index contributed by atoms with van der Waals surface area (Å²) in [5.74, 6) is -1.93. The lowest BCUT2D eigenvalue weighted by molar-refractivity contribution is -0.140. The zero-order chi connectivity index (χ0) is 10.8. The average molecular weight is 209 g/mol. The molecule has 80 valence electrons. The number of amides is 1. The molecule has 0 aromatic carbocycles. The number of carbonyl (C=O) groups excluding carboxylic acids is 1. The molecule has 1 fully saturated rings. The summed E-state index contributed by atoms with van der Waals surface area (Å²) in [5, 5.41) is 17.7. The molecule has 1 aromatic heterocycles. The Morgan fingerprint density at radius 3 is 2.93 bits per heavy atom. The van der Waals surface area contributed by atoms with E-state index in [1.807, 2.05) is 0 Å². The zero-order valence-electron chi connectivity index (χ0n) is 7.93. The Kier molecular flexibility index (Phi) is 2.40. The molecule has 1 heterocycles. The number of rotatable bonds is 4. The highest BCUT2D eigenvalue weighted by atomic mass is 16.4. The van der Waals surface area contributed by atoms with Gasteiger partial charge in [-0.3, -0.25) is 14.7 Å². The molecule has 1 aliphatic rings. The monoisotopic (exact) mass is 209 g/mol. The molecule has 1 saturated carbocycles. The third-order valence-corrected chi connectivity index (χ3v) is 2.47. The summed E-state index contributed by atoms with van der Waals surface area (Å²) in [6, 6.07) is 0. The maximum atomic E-state index is 11.4. The Labute approximate surface area is 85.7 Å². The minimum Gasteiger partial charge on any atom is -0.481 e. The number of hydrogen-bond acceptors (Lipinski definition) is 3. The maximum Gasteiger partial charge on any atom is 0.307 e. The van der Waals surface area contributed by atoms with Crippen LogP contribution in [0.3, 0.4) is 0 Å². The van der Waals surface area contributed by atoms with Crippen LogP contribution in [0.2, 0.25) is 0 Å². The van der Waals surface area contributed by atoms with Crippen molar-refractivity contribution in [2.24, 2.45) is 11.8 Å². The maximum absolute atomic E-state index is 11.4. The fraction of sp³-hybridized carbons (Fsp3) is 0.444. The van der Waals surface area contributed by atoms with Crippen molar-refractivity contribution < 1.29 is 14.7 Å². The molecule has 15 heavy (non-hydrogen) atoms. The Morgan fingerprint density at radius 1 is 1.60 bits per heavy atom. The normalized spacial score (nSPS) is 23.5. The van der Waals surface area contributed by atoms with Crippen molar-refractivity contribution in [2.75, 3.05) is 0 Å². The van der Waals surface area contributed by atoms with Gasteiger partial charge in [0.2, 0.25) is 5.91 Å². The van der Waals surface area contributed by atoms with Gasteiger partial charge in [0.25, 0.3) is 0 Å². The lowest BCUT2D eigenvalue weighted by Crippen LogP contribution is -2.25. The molecule has 0 radical (unpaired) electrons. The highest BCUT2D eigenvalue weighted by molar-refractivity contribution is 5.89. The van der Waals surface area contributed by atoms with E-state index in [1.54, 1.807) is 12.4 Å². The molecule has 3 N–H and O–H groups in total. The van der Waals surface area contributed by atoms with Crippen LogP contribution in [0.4, 0.5) is 0 Å². The number of carbonyl (C=O) groups is 2. The van der Waals surface area contributed by atoms with Crippen LogP contribution in [0.1, 0.15) is 12.0 Å². The second-order valence-corrected chi connectivity index (χ2v) is 3.61. The second-order valence-electron chi connectivity index (χ2n) is 3.61. The summed E-state index contributed by atoms with van der Waals surface area (Å²) in [7, 11) is 0. The van der Waals surface area contributed by atoms with E-state index in [4.69, 9.17) is 5.11 Å². The molecule has 2 unspecified atom stereocenters. The number of H-pyrrole nitrogens is 1. The van der Waals surface area contributed by atoms with Gasteiger partial charge < -0.3 is 10.4 Å². The van der Waals surface area contributed by atoms with E-state index in [9.17, 15) is 9.59 Å². The summed E-state index contributed by atoms with van der Waals surface area (Å²) >= 11 is 0. The molecule has 0 saturated heterocycles. The molecule has 2 atom stereocenters. The molecular weight excluding hydrogens is 198 g/mol. The number of hydrogen-bond donors (Lipinski definition) is 3. The Bertz CT molecular complexity index is 374. The number of aromatic amines is 1. The topological polar surface area (TPSA) is 95.1 Å². The minimum absolute atomic E-state index is 0.191. The van der Waals surface area contributed by atoms with Crippen molar-refractivity contribution in [3.05, 3.63) is 18.0 Å². The van der Waals surface area contributed by atoms with Crippen LogP contribution in [0, 0.1) is 11.8 Å². The number of nitrogens with one attached hydrogen (secondary N) is 2. The zero-order valence-corrected chi connectivity index (χ0v) is 7.93. The predicted octanol–water partition coefficient (Wildman–Crippen LogP) is -0.253. The lowest BCUT2D eigenvalue weighted by atomic mass is 10.3. The second kappa shape index (κ2) is 3.72. The first kappa shape index (κ1) is 9.70. The minimum atomic E-state index is -0.890. The molecule has 0 aliphatic heterocycles. The highest BCUT2D eigenvalue weighted by Crippen LogP contribution is 2.38. The van der Waals surface area contributed by atoms with Gasteiger partial charge in [0, 0.05) is 18.3 Å². The third kappa shape index (κ3) is 2.15. The van der Waals surface area contributed by atoms with E-state index in [0.29, 0.717) is 13.0 Å². The van der Waals surface area contributed by atoms with E-state index in [-0.39, 0.29) is 11.8 Å². The molecule has 1 aromatic rings. The van der Waals surface area contributed by atoms with Crippen LogP contribution in [0.25, 0.3) is 0 Å². The fourth-order valence-corrected chi connectivity index (χ4v) is 1.45. The van der Waals surface area contributed by atoms with Gasteiger partial charge in [-0.1, -0.05) is 0 Å². The molecule has 0 bridgehead atoms. The fourth-order valence-electron chi connectivity index (χ4n) is 1.45. The summed E-state index contributed by atoms with van der Waals surface area (Å²) in [6.07, 6.45) is 3.75. The van der Waals surface area contributed by atoms with Gasteiger partial charge in [0.05, 0.1) is 18.0 Å². The number of aliphatic carboxylic acids is 1. The van der Waals surface area contributed by atoms with Crippen molar-refractivity contribution >= 4 is 11.9 Å².